The highest BCUT2D eigenvalue weighted by Crippen LogP contribution is 2.22. The molecule has 0 aromatic carbocycles. The van der Waals surface area contributed by atoms with Crippen molar-refractivity contribution in [3.63, 3.8) is 0 Å². The van der Waals surface area contributed by atoms with Crippen LogP contribution in [0.25, 0.3) is 5.82 Å². The molecule has 0 unspecified atom stereocenters. The molecule has 1 aliphatic rings. The van der Waals surface area contributed by atoms with E-state index < -0.39 is 0 Å². The molecule has 1 saturated heterocycles. The van der Waals surface area contributed by atoms with Gasteiger partial charge in [-0.05, 0) is 28.1 Å². The Morgan fingerprint density at radius 2 is 1.92 bits per heavy atom. The number of amides is 1. The summed E-state index contributed by atoms with van der Waals surface area (Å²) in [5.74, 6) is 1.68. The molecule has 7 nitrogen and oxygen atoms in total. The standard InChI is InChI=1S/C16H15BrN6OS/c17-12-8-13(25-10-12)16(24)22-6-4-21(5-7-22)14-9-15(19-11-18-14)23-3-1-2-20-23/h1-3,8-11H,4-7H2. The van der Waals surface area contributed by atoms with Gasteiger partial charge in [-0.1, -0.05) is 0 Å². The SMILES string of the molecule is O=C(c1cc(Br)cs1)N1CCN(c2cc(-n3cccn3)ncn2)CC1. The number of carbonyl (C=O) groups excluding carboxylic acids is 1. The van der Waals surface area contributed by atoms with Crippen LogP contribution in [0.5, 0.6) is 0 Å². The number of hydrogen-bond acceptors (Lipinski definition) is 6. The van der Waals surface area contributed by atoms with Crippen LogP contribution in [-0.2, 0) is 0 Å². The molecule has 9 heteroatoms. The van der Waals surface area contributed by atoms with Crippen molar-refractivity contribution < 1.29 is 4.79 Å². The van der Waals surface area contributed by atoms with Gasteiger partial charge in [-0.2, -0.15) is 5.10 Å². The fourth-order valence-electron chi connectivity index (χ4n) is 2.76. The van der Waals surface area contributed by atoms with E-state index in [1.165, 1.54) is 11.3 Å². The van der Waals surface area contributed by atoms with Gasteiger partial charge in [-0.15, -0.1) is 11.3 Å². The second-order valence-corrected chi connectivity index (χ2v) is 7.42. The number of rotatable bonds is 3. The molecule has 0 spiro atoms. The summed E-state index contributed by atoms with van der Waals surface area (Å²) in [5.41, 5.74) is 0. The average Bonchev–Trinajstić information content (AvgIpc) is 3.33. The molecule has 0 radical (unpaired) electrons. The quantitative estimate of drug-likeness (QED) is 0.653. The molecule has 1 amide bonds. The van der Waals surface area contributed by atoms with E-state index in [1.54, 1.807) is 17.2 Å². The van der Waals surface area contributed by atoms with Crippen LogP contribution >= 0.6 is 27.3 Å². The van der Waals surface area contributed by atoms with Gasteiger partial charge >= 0.3 is 0 Å². The summed E-state index contributed by atoms with van der Waals surface area (Å²) in [5, 5.41) is 6.13. The number of piperazine rings is 1. The molecule has 0 bridgehead atoms. The summed E-state index contributed by atoms with van der Waals surface area (Å²) in [4.78, 5) is 26.0. The number of aromatic nitrogens is 4. The van der Waals surface area contributed by atoms with Gasteiger partial charge in [0, 0.05) is 54.5 Å². The summed E-state index contributed by atoms with van der Waals surface area (Å²) < 4.78 is 2.66. The van der Waals surface area contributed by atoms with E-state index in [1.807, 2.05) is 34.7 Å². The maximum absolute atomic E-state index is 12.5. The van der Waals surface area contributed by atoms with Gasteiger partial charge in [-0.3, -0.25) is 4.79 Å². The van der Waals surface area contributed by atoms with E-state index >= 15 is 0 Å². The number of thiophene rings is 1. The third-order valence-corrected chi connectivity index (χ3v) is 5.73. The highest BCUT2D eigenvalue weighted by Gasteiger charge is 2.24. The van der Waals surface area contributed by atoms with Gasteiger partial charge in [0.1, 0.15) is 12.1 Å². The van der Waals surface area contributed by atoms with Crippen molar-refractivity contribution in [2.45, 2.75) is 0 Å². The first kappa shape index (κ1) is 16.2. The first-order valence-electron chi connectivity index (χ1n) is 7.81. The lowest BCUT2D eigenvalue weighted by Crippen LogP contribution is -2.48. The minimum atomic E-state index is 0.0928. The molecule has 3 aromatic heterocycles. The maximum Gasteiger partial charge on any atom is 0.264 e. The van der Waals surface area contributed by atoms with E-state index in [4.69, 9.17) is 0 Å². The number of hydrogen-bond donors (Lipinski definition) is 0. The fourth-order valence-corrected chi connectivity index (χ4v) is 4.15. The van der Waals surface area contributed by atoms with Crippen molar-refractivity contribution in [3.8, 4) is 5.82 Å². The van der Waals surface area contributed by atoms with Crippen LogP contribution in [0.3, 0.4) is 0 Å². The zero-order valence-electron chi connectivity index (χ0n) is 13.2. The van der Waals surface area contributed by atoms with Gasteiger partial charge < -0.3 is 9.80 Å². The lowest BCUT2D eigenvalue weighted by atomic mass is 10.3. The second-order valence-electron chi connectivity index (χ2n) is 5.59. The molecule has 1 aliphatic heterocycles. The number of nitrogens with zero attached hydrogens (tertiary/aromatic N) is 6. The molecule has 4 rings (SSSR count). The number of anilines is 1. The Balaban J connectivity index is 1.44. The van der Waals surface area contributed by atoms with Crippen LogP contribution in [0, 0.1) is 0 Å². The van der Waals surface area contributed by atoms with Crippen LogP contribution in [0.1, 0.15) is 9.67 Å². The van der Waals surface area contributed by atoms with Crippen molar-refractivity contribution in [1.82, 2.24) is 24.6 Å². The minimum Gasteiger partial charge on any atom is -0.353 e. The van der Waals surface area contributed by atoms with Crippen molar-refractivity contribution in [2.24, 2.45) is 0 Å². The van der Waals surface area contributed by atoms with Crippen molar-refractivity contribution in [1.29, 1.82) is 0 Å². The highest BCUT2D eigenvalue weighted by atomic mass is 79.9. The Kier molecular flexibility index (Phi) is 4.50. The van der Waals surface area contributed by atoms with Crippen molar-refractivity contribution >= 4 is 39.0 Å². The summed E-state index contributed by atoms with van der Waals surface area (Å²) in [7, 11) is 0. The molecule has 3 aromatic rings. The van der Waals surface area contributed by atoms with Gasteiger partial charge in [-0.25, -0.2) is 14.6 Å². The smallest absolute Gasteiger partial charge is 0.264 e. The van der Waals surface area contributed by atoms with Crippen LogP contribution in [0.4, 0.5) is 5.82 Å². The summed E-state index contributed by atoms with van der Waals surface area (Å²) in [6.45, 7) is 2.84. The molecule has 4 heterocycles. The maximum atomic E-state index is 12.5. The minimum absolute atomic E-state index is 0.0928. The summed E-state index contributed by atoms with van der Waals surface area (Å²) in [6.07, 6.45) is 5.12. The van der Waals surface area contributed by atoms with E-state index in [0.29, 0.717) is 13.1 Å². The van der Waals surface area contributed by atoms with Crippen LogP contribution < -0.4 is 4.90 Å². The van der Waals surface area contributed by atoms with E-state index in [-0.39, 0.29) is 5.91 Å². The van der Waals surface area contributed by atoms with E-state index in [0.717, 1.165) is 34.1 Å². The second kappa shape index (κ2) is 6.93. The normalized spacial score (nSPS) is 14.8. The van der Waals surface area contributed by atoms with Crippen LogP contribution in [0.15, 0.2) is 46.8 Å². The van der Waals surface area contributed by atoms with Gasteiger partial charge in [0.05, 0.1) is 4.88 Å². The zero-order chi connectivity index (χ0) is 17.2. The summed E-state index contributed by atoms with van der Waals surface area (Å²) in [6, 6.07) is 5.65. The molecule has 128 valence electrons. The Morgan fingerprint density at radius 1 is 1.12 bits per heavy atom. The lowest BCUT2D eigenvalue weighted by molar-refractivity contribution is 0.0751. The predicted molar refractivity (Wildman–Crippen MR) is 99.3 cm³/mol. The van der Waals surface area contributed by atoms with Crippen LogP contribution in [0.2, 0.25) is 0 Å². The van der Waals surface area contributed by atoms with E-state index in [2.05, 4.69) is 35.9 Å². The monoisotopic (exact) mass is 418 g/mol. The predicted octanol–water partition coefficient (Wildman–Crippen LogP) is 2.45. The summed E-state index contributed by atoms with van der Waals surface area (Å²) >= 11 is 4.86. The van der Waals surface area contributed by atoms with Crippen LogP contribution in [-0.4, -0.2) is 56.7 Å². The first-order valence-corrected chi connectivity index (χ1v) is 9.48. The largest absolute Gasteiger partial charge is 0.353 e. The third-order valence-electron chi connectivity index (χ3n) is 4.05. The molecular weight excluding hydrogens is 404 g/mol. The lowest BCUT2D eigenvalue weighted by Gasteiger charge is -2.35. The molecule has 0 N–H and O–H groups in total. The Hall–Kier alpha value is -2.26. The average molecular weight is 419 g/mol. The topological polar surface area (TPSA) is 67.2 Å². The van der Waals surface area contributed by atoms with E-state index in [9.17, 15) is 4.79 Å². The molecular formula is C16H15BrN6OS. The Morgan fingerprint density at radius 3 is 2.60 bits per heavy atom. The number of carbonyl (C=O) groups is 1. The zero-order valence-corrected chi connectivity index (χ0v) is 15.7. The molecule has 0 atom stereocenters. The Bertz CT molecular complexity index is 872. The third kappa shape index (κ3) is 3.42. The molecule has 25 heavy (non-hydrogen) atoms. The molecule has 0 saturated carbocycles. The molecule has 0 aliphatic carbocycles. The van der Waals surface area contributed by atoms with Gasteiger partial charge in [0.2, 0.25) is 0 Å². The van der Waals surface area contributed by atoms with Gasteiger partial charge in [0.15, 0.2) is 5.82 Å². The fraction of sp³-hybridized carbons (Fsp3) is 0.250. The number of halogens is 1. The highest BCUT2D eigenvalue weighted by molar-refractivity contribution is 9.10. The van der Waals surface area contributed by atoms with Gasteiger partial charge in [0.25, 0.3) is 5.91 Å². The van der Waals surface area contributed by atoms with Crippen molar-refractivity contribution in [3.05, 3.63) is 51.7 Å². The van der Waals surface area contributed by atoms with Crippen molar-refractivity contribution in [2.75, 3.05) is 31.1 Å². The molecule has 1 fully saturated rings. The first-order chi connectivity index (χ1) is 12.2. The Labute approximate surface area is 157 Å².